The van der Waals surface area contributed by atoms with Gasteiger partial charge in [-0.2, -0.15) is 0 Å². The van der Waals surface area contributed by atoms with Crippen LogP contribution in [0.3, 0.4) is 0 Å². The second-order valence-electron chi connectivity index (χ2n) is 7.45. The van der Waals surface area contributed by atoms with E-state index in [-0.39, 0.29) is 24.9 Å². The van der Waals surface area contributed by atoms with Crippen LogP contribution in [0, 0.1) is 0 Å². The lowest BCUT2D eigenvalue weighted by molar-refractivity contribution is -0.117. The van der Waals surface area contributed by atoms with Crippen LogP contribution in [-0.4, -0.2) is 23.3 Å². The standard InChI is InChI=1S/C27H24N2O4/c30-26(28-23-8-3-1-4-9-23)19-29(18-25-12-7-17-32-25)27(31)22-15-13-21(14-16-22)20-33-24-10-5-2-6-11-24/h1-17H,18-20H2,(H,28,30). The van der Waals surface area contributed by atoms with Gasteiger partial charge in [-0.1, -0.05) is 48.5 Å². The van der Waals surface area contributed by atoms with E-state index in [0.717, 1.165) is 11.3 Å². The number of rotatable bonds is 9. The first kappa shape index (κ1) is 21.9. The summed E-state index contributed by atoms with van der Waals surface area (Å²) in [5.74, 6) is 0.842. The minimum atomic E-state index is -0.283. The first-order valence-corrected chi connectivity index (χ1v) is 10.6. The summed E-state index contributed by atoms with van der Waals surface area (Å²) >= 11 is 0. The van der Waals surface area contributed by atoms with Gasteiger partial charge in [0.15, 0.2) is 0 Å². The van der Waals surface area contributed by atoms with E-state index in [0.29, 0.717) is 23.6 Å². The van der Waals surface area contributed by atoms with Crippen molar-refractivity contribution in [2.24, 2.45) is 0 Å². The molecule has 4 aromatic rings. The largest absolute Gasteiger partial charge is 0.489 e. The molecule has 0 fully saturated rings. The number of amides is 2. The van der Waals surface area contributed by atoms with Crippen molar-refractivity contribution >= 4 is 17.5 Å². The third-order valence-corrected chi connectivity index (χ3v) is 4.96. The number of anilines is 1. The van der Waals surface area contributed by atoms with Gasteiger partial charge in [-0.05, 0) is 54.1 Å². The highest BCUT2D eigenvalue weighted by atomic mass is 16.5. The molecule has 0 unspecified atom stereocenters. The molecule has 0 aliphatic carbocycles. The molecule has 0 radical (unpaired) electrons. The molecule has 4 rings (SSSR count). The molecule has 1 heterocycles. The van der Waals surface area contributed by atoms with Crippen LogP contribution in [0.4, 0.5) is 5.69 Å². The zero-order valence-corrected chi connectivity index (χ0v) is 18.0. The van der Waals surface area contributed by atoms with Crippen LogP contribution in [0.2, 0.25) is 0 Å². The first-order valence-electron chi connectivity index (χ1n) is 10.6. The molecular formula is C27H24N2O4. The maximum atomic E-state index is 13.2. The number of nitrogens with one attached hydrogen (secondary N) is 1. The Balaban J connectivity index is 1.43. The van der Waals surface area contributed by atoms with Crippen LogP contribution in [0.1, 0.15) is 21.7 Å². The summed E-state index contributed by atoms with van der Waals surface area (Å²) in [4.78, 5) is 27.3. The Morgan fingerprint density at radius 1 is 0.818 bits per heavy atom. The third kappa shape index (κ3) is 6.33. The predicted octanol–water partition coefficient (Wildman–Crippen LogP) is 5.14. The van der Waals surface area contributed by atoms with Crippen LogP contribution >= 0.6 is 0 Å². The molecule has 1 aromatic heterocycles. The summed E-state index contributed by atoms with van der Waals surface area (Å²) in [6.45, 7) is 0.480. The summed E-state index contributed by atoms with van der Waals surface area (Å²) in [6, 6.07) is 29.4. The molecule has 33 heavy (non-hydrogen) atoms. The number of nitrogens with zero attached hydrogens (tertiary/aromatic N) is 1. The lowest BCUT2D eigenvalue weighted by Crippen LogP contribution is -2.37. The average molecular weight is 440 g/mol. The van der Waals surface area contributed by atoms with Gasteiger partial charge in [0.1, 0.15) is 24.7 Å². The van der Waals surface area contributed by atoms with Crippen molar-refractivity contribution in [2.75, 3.05) is 11.9 Å². The zero-order chi connectivity index (χ0) is 22.9. The van der Waals surface area contributed by atoms with Gasteiger partial charge in [0, 0.05) is 11.3 Å². The zero-order valence-electron chi connectivity index (χ0n) is 18.0. The van der Waals surface area contributed by atoms with Gasteiger partial charge in [0.05, 0.1) is 12.8 Å². The van der Waals surface area contributed by atoms with Crippen molar-refractivity contribution in [3.8, 4) is 5.75 Å². The van der Waals surface area contributed by atoms with E-state index in [4.69, 9.17) is 9.15 Å². The number of para-hydroxylation sites is 2. The van der Waals surface area contributed by atoms with Crippen molar-refractivity contribution in [3.05, 3.63) is 120 Å². The Labute approximate surface area is 192 Å². The molecule has 0 saturated carbocycles. The number of furan rings is 1. The Hall–Kier alpha value is -4.32. The fourth-order valence-electron chi connectivity index (χ4n) is 3.30. The maximum Gasteiger partial charge on any atom is 0.254 e. The Bertz CT molecular complexity index is 1160. The summed E-state index contributed by atoms with van der Waals surface area (Å²) in [5, 5.41) is 2.82. The summed E-state index contributed by atoms with van der Waals surface area (Å²) in [6.07, 6.45) is 1.55. The number of hydrogen-bond acceptors (Lipinski definition) is 4. The molecule has 6 heteroatoms. The summed E-state index contributed by atoms with van der Waals surface area (Å²) < 4.78 is 11.2. The van der Waals surface area contributed by atoms with Gasteiger partial charge in [-0.25, -0.2) is 0 Å². The first-order chi connectivity index (χ1) is 16.2. The minimum absolute atomic E-state index is 0.104. The van der Waals surface area contributed by atoms with Crippen LogP contribution in [0.15, 0.2) is 108 Å². The van der Waals surface area contributed by atoms with E-state index in [2.05, 4.69) is 5.32 Å². The van der Waals surface area contributed by atoms with E-state index in [1.165, 1.54) is 4.90 Å². The molecule has 0 aliphatic heterocycles. The quantitative estimate of drug-likeness (QED) is 0.391. The number of carbonyl (C=O) groups excluding carboxylic acids is 2. The average Bonchev–Trinajstić information content (AvgIpc) is 3.37. The molecule has 3 aromatic carbocycles. The van der Waals surface area contributed by atoms with Crippen LogP contribution < -0.4 is 10.1 Å². The second kappa shape index (κ2) is 10.8. The van der Waals surface area contributed by atoms with Gasteiger partial charge in [-0.15, -0.1) is 0 Å². The van der Waals surface area contributed by atoms with E-state index in [1.54, 1.807) is 42.7 Å². The van der Waals surface area contributed by atoms with Crippen LogP contribution in [0.5, 0.6) is 5.75 Å². The van der Waals surface area contributed by atoms with Gasteiger partial charge in [-0.3, -0.25) is 9.59 Å². The molecule has 1 N–H and O–H groups in total. The lowest BCUT2D eigenvalue weighted by Gasteiger charge is -2.21. The van der Waals surface area contributed by atoms with Crippen molar-refractivity contribution in [3.63, 3.8) is 0 Å². The minimum Gasteiger partial charge on any atom is -0.489 e. The second-order valence-corrected chi connectivity index (χ2v) is 7.45. The fourth-order valence-corrected chi connectivity index (χ4v) is 3.30. The number of carbonyl (C=O) groups is 2. The van der Waals surface area contributed by atoms with Gasteiger partial charge in [0.2, 0.25) is 5.91 Å². The van der Waals surface area contributed by atoms with Gasteiger partial charge < -0.3 is 19.4 Å². The number of benzene rings is 3. The molecule has 0 spiro atoms. The predicted molar refractivity (Wildman–Crippen MR) is 126 cm³/mol. The SMILES string of the molecule is O=C(CN(Cc1ccco1)C(=O)c1ccc(COc2ccccc2)cc1)Nc1ccccc1. The van der Waals surface area contributed by atoms with E-state index in [1.807, 2.05) is 60.7 Å². The lowest BCUT2D eigenvalue weighted by atomic mass is 10.1. The topological polar surface area (TPSA) is 71.8 Å². The monoisotopic (exact) mass is 440 g/mol. The highest BCUT2D eigenvalue weighted by Gasteiger charge is 2.20. The van der Waals surface area contributed by atoms with Crippen LogP contribution in [0.25, 0.3) is 0 Å². The smallest absolute Gasteiger partial charge is 0.254 e. The third-order valence-electron chi connectivity index (χ3n) is 4.96. The van der Waals surface area contributed by atoms with Crippen LogP contribution in [-0.2, 0) is 17.9 Å². The molecule has 6 nitrogen and oxygen atoms in total. The molecular weight excluding hydrogens is 416 g/mol. The van der Waals surface area contributed by atoms with E-state index < -0.39 is 0 Å². The molecule has 166 valence electrons. The van der Waals surface area contributed by atoms with Gasteiger partial charge in [0.25, 0.3) is 5.91 Å². The Morgan fingerprint density at radius 3 is 2.18 bits per heavy atom. The highest BCUT2D eigenvalue weighted by molar-refractivity contribution is 5.99. The fraction of sp³-hybridized carbons (Fsp3) is 0.111. The van der Waals surface area contributed by atoms with E-state index >= 15 is 0 Å². The summed E-state index contributed by atoms with van der Waals surface area (Å²) in [7, 11) is 0. The van der Waals surface area contributed by atoms with Crippen molar-refractivity contribution in [2.45, 2.75) is 13.2 Å². The van der Waals surface area contributed by atoms with Gasteiger partial charge >= 0.3 is 0 Å². The number of hydrogen-bond donors (Lipinski definition) is 1. The Kier molecular flexibility index (Phi) is 7.18. The summed E-state index contributed by atoms with van der Waals surface area (Å²) in [5.41, 5.74) is 2.10. The molecule has 0 atom stereocenters. The normalized spacial score (nSPS) is 10.4. The van der Waals surface area contributed by atoms with Crippen molar-refractivity contribution < 1.29 is 18.7 Å². The maximum absolute atomic E-state index is 13.2. The Morgan fingerprint density at radius 2 is 1.52 bits per heavy atom. The van der Waals surface area contributed by atoms with Crippen molar-refractivity contribution in [1.29, 1.82) is 0 Å². The molecule has 0 aliphatic rings. The molecule has 0 saturated heterocycles. The molecule has 2 amide bonds. The van der Waals surface area contributed by atoms with Crippen molar-refractivity contribution in [1.82, 2.24) is 4.90 Å². The van der Waals surface area contributed by atoms with E-state index in [9.17, 15) is 9.59 Å². The number of ether oxygens (including phenoxy) is 1. The molecule has 0 bridgehead atoms. The highest BCUT2D eigenvalue weighted by Crippen LogP contribution is 2.15.